The van der Waals surface area contributed by atoms with E-state index in [4.69, 9.17) is 15.2 Å². The van der Waals surface area contributed by atoms with Gasteiger partial charge in [-0.2, -0.15) is 5.10 Å². The van der Waals surface area contributed by atoms with Crippen molar-refractivity contribution in [2.45, 2.75) is 5.75 Å². The molecule has 0 atom stereocenters. The van der Waals surface area contributed by atoms with Crippen LogP contribution in [0.5, 0.6) is 11.5 Å². The summed E-state index contributed by atoms with van der Waals surface area (Å²) in [5, 5.41) is 8.00. The van der Waals surface area contributed by atoms with Crippen LogP contribution in [-0.4, -0.2) is 25.6 Å². The average molecular weight is 347 g/mol. The van der Waals surface area contributed by atoms with Gasteiger partial charge in [0.2, 0.25) is 0 Å². The van der Waals surface area contributed by atoms with Gasteiger partial charge in [0.05, 0.1) is 26.0 Å². The van der Waals surface area contributed by atoms with Gasteiger partial charge >= 0.3 is 0 Å². The van der Waals surface area contributed by atoms with Crippen LogP contribution in [0.25, 0.3) is 0 Å². The molecular formula is C17H18FN3O2S. The molecule has 0 radical (unpaired) electrons. The molecule has 5 nitrogen and oxygen atoms in total. The van der Waals surface area contributed by atoms with E-state index < -0.39 is 5.82 Å². The Hall–Kier alpha value is -2.54. The van der Waals surface area contributed by atoms with Crippen LogP contribution in [0.1, 0.15) is 11.1 Å². The van der Waals surface area contributed by atoms with Crippen LogP contribution < -0.4 is 15.2 Å². The summed E-state index contributed by atoms with van der Waals surface area (Å²) in [6, 6.07) is 12.7. The zero-order valence-corrected chi connectivity index (χ0v) is 14.2. The highest BCUT2D eigenvalue weighted by atomic mass is 32.2. The maximum atomic E-state index is 14.0. The number of halogens is 1. The maximum absolute atomic E-state index is 14.0. The van der Waals surface area contributed by atoms with Crippen LogP contribution in [0.15, 0.2) is 52.7 Å². The third-order valence-electron chi connectivity index (χ3n) is 3.09. The molecule has 0 aliphatic heterocycles. The fraction of sp³-hybridized carbons (Fsp3) is 0.176. The van der Waals surface area contributed by atoms with Crippen molar-refractivity contribution in [1.82, 2.24) is 0 Å². The molecule has 2 aromatic carbocycles. The number of ether oxygens (including phenoxy) is 2. The summed E-state index contributed by atoms with van der Waals surface area (Å²) in [6.07, 6.45) is 1.27. The van der Waals surface area contributed by atoms with Gasteiger partial charge < -0.3 is 15.2 Å². The first-order valence-electron chi connectivity index (χ1n) is 7.08. The van der Waals surface area contributed by atoms with Gasteiger partial charge in [-0.25, -0.2) is 4.39 Å². The van der Waals surface area contributed by atoms with Gasteiger partial charge in [-0.1, -0.05) is 42.1 Å². The van der Waals surface area contributed by atoms with Crippen LogP contribution >= 0.6 is 11.8 Å². The second-order valence-electron chi connectivity index (χ2n) is 4.68. The summed E-state index contributed by atoms with van der Waals surface area (Å²) < 4.78 is 24.2. The molecule has 0 saturated heterocycles. The first kappa shape index (κ1) is 17.8. The first-order valence-corrected chi connectivity index (χ1v) is 8.07. The standard InChI is InChI=1S/C17H18FN3O2S/c1-22-13-8-15(18)14(16(9-13)23-2)10-20-21-17(19)24-11-12-6-4-3-5-7-12/h3-10H,11H2,1-2H3,(H2,19,21). The summed E-state index contributed by atoms with van der Waals surface area (Å²) >= 11 is 1.35. The minimum atomic E-state index is -0.513. The molecule has 0 saturated carbocycles. The van der Waals surface area contributed by atoms with Crippen LogP contribution in [-0.2, 0) is 5.75 Å². The van der Waals surface area contributed by atoms with Crippen molar-refractivity contribution in [3.8, 4) is 11.5 Å². The molecule has 0 bridgehead atoms. The Kier molecular flexibility index (Phi) is 6.62. The number of hydrogen-bond donors (Lipinski definition) is 1. The van der Waals surface area contributed by atoms with E-state index in [1.165, 1.54) is 38.3 Å². The molecule has 2 aromatic rings. The van der Waals surface area contributed by atoms with Crippen LogP contribution in [0, 0.1) is 5.82 Å². The quantitative estimate of drug-likeness (QED) is 0.494. The third-order valence-corrected chi connectivity index (χ3v) is 3.95. The molecule has 0 aliphatic rings. The average Bonchev–Trinajstić information content (AvgIpc) is 2.61. The Bertz CT molecular complexity index is 736. The first-order chi connectivity index (χ1) is 11.6. The van der Waals surface area contributed by atoms with Crippen molar-refractivity contribution in [3.05, 3.63) is 59.4 Å². The molecule has 0 amide bonds. The fourth-order valence-electron chi connectivity index (χ4n) is 1.88. The molecule has 126 valence electrons. The van der Waals surface area contributed by atoms with E-state index in [1.807, 2.05) is 30.3 Å². The van der Waals surface area contributed by atoms with Gasteiger partial charge in [0, 0.05) is 17.9 Å². The summed E-state index contributed by atoms with van der Waals surface area (Å²) in [4.78, 5) is 0. The molecule has 7 heteroatoms. The Morgan fingerprint density at radius 1 is 1.21 bits per heavy atom. The Balaban J connectivity index is 2.04. The Morgan fingerprint density at radius 2 is 1.96 bits per heavy atom. The van der Waals surface area contributed by atoms with Crippen molar-refractivity contribution < 1.29 is 13.9 Å². The number of amidine groups is 1. The highest BCUT2D eigenvalue weighted by Crippen LogP contribution is 2.26. The minimum absolute atomic E-state index is 0.183. The SMILES string of the molecule is COc1cc(F)c(C=NN=C(N)SCc2ccccc2)c(OC)c1. The van der Waals surface area contributed by atoms with E-state index in [0.29, 0.717) is 22.4 Å². The number of hydrogen-bond acceptors (Lipinski definition) is 5. The van der Waals surface area contributed by atoms with E-state index in [9.17, 15) is 4.39 Å². The Labute approximate surface area is 144 Å². The molecule has 24 heavy (non-hydrogen) atoms. The van der Waals surface area contributed by atoms with Crippen molar-refractivity contribution in [2.24, 2.45) is 15.9 Å². The highest BCUT2D eigenvalue weighted by molar-refractivity contribution is 8.13. The molecule has 0 aliphatic carbocycles. The van der Waals surface area contributed by atoms with Crippen molar-refractivity contribution in [2.75, 3.05) is 14.2 Å². The minimum Gasteiger partial charge on any atom is -0.497 e. The zero-order chi connectivity index (χ0) is 17.4. The van der Waals surface area contributed by atoms with Gasteiger partial charge in [-0.3, -0.25) is 0 Å². The predicted molar refractivity (Wildman–Crippen MR) is 96.5 cm³/mol. The highest BCUT2D eigenvalue weighted by Gasteiger charge is 2.10. The van der Waals surface area contributed by atoms with Crippen molar-refractivity contribution >= 4 is 23.1 Å². The number of nitrogens with zero attached hydrogens (tertiary/aromatic N) is 2. The number of thioether (sulfide) groups is 1. The smallest absolute Gasteiger partial charge is 0.180 e. The topological polar surface area (TPSA) is 69.2 Å². The number of rotatable bonds is 6. The molecule has 2 N–H and O–H groups in total. The fourth-order valence-corrected chi connectivity index (χ4v) is 2.50. The van der Waals surface area contributed by atoms with Crippen molar-refractivity contribution in [1.29, 1.82) is 0 Å². The molecule has 0 spiro atoms. The summed E-state index contributed by atoms with van der Waals surface area (Å²) in [7, 11) is 2.90. The Morgan fingerprint density at radius 3 is 2.62 bits per heavy atom. The largest absolute Gasteiger partial charge is 0.497 e. The van der Waals surface area contributed by atoms with Gasteiger partial charge in [-0.05, 0) is 5.56 Å². The molecule has 0 unspecified atom stereocenters. The number of nitrogens with two attached hydrogens (primary N) is 1. The van der Waals surface area contributed by atoms with Gasteiger partial charge in [0.15, 0.2) is 5.17 Å². The second kappa shape index (κ2) is 8.93. The normalized spacial score (nSPS) is 11.7. The lowest BCUT2D eigenvalue weighted by molar-refractivity contribution is 0.388. The number of benzene rings is 2. The van der Waals surface area contributed by atoms with E-state index in [0.717, 1.165) is 5.56 Å². The third kappa shape index (κ3) is 4.99. The van der Waals surface area contributed by atoms with Crippen molar-refractivity contribution in [3.63, 3.8) is 0 Å². The maximum Gasteiger partial charge on any atom is 0.180 e. The second-order valence-corrected chi connectivity index (χ2v) is 5.68. The molecular weight excluding hydrogens is 329 g/mol. The van der Waals surface area contributed by atoms with Crippen LogP contribution in [0.4, 0.5) is 4.39 Å². The molecule has 0 heterocycles. The van der Waals surface area contributed by atoms with Gasteiger partial charge in [0.1, 0.15) is 17.3 Å². The van der Waals surface area contributed by atoms with Gasteiger partial charge in [-0.15, -0.1) is 5.10 Å². The van der Waals surface area contributed by atoms with Crippen LogP contribution in [0.2, 0.25) is 0 Å². The lowest BCUT2D eigenvalue weighted by Crippen LogP contribution is -2.06. The van der Waals surface area contributed by atoms with E-state index in [-0.39, 0.29) is 5.56 Å². The predicted octanol–water partition coefficient (Wildman–Crippen LogP) is 3.42. The van der Waals surface area contributed by atoms with E-state index >= 15 is 0 Å². The lowest BCUT2D eigenvalue weighted by Gasteiger charge is -2.08. The summed E-state index contributed by atoms with van der Waals surface area (Å²) in [5.74, 6) is 0.844. The summed E-state index contributed by atoms with van der Waals surface area (Å²) in [6.45, 7) is 0. The molecule has 0 aromatic heterocycles. The van der Waals surface area contributed by atoms with Crippen LogP contribution in [0.3, 0.4) is 0 Å². The monoisotopic (exact) mass is 347 g/mol. The van der Waals surface area contributed by atoms with Gasteiger partial charge in [0.25, 0.3) is 0 Å². The number of methoxy groups -OCH3 is 2. The lowest BCUT2D eigenvalue weighted by atomic mass is 10.2. The van der Waals surface area contributed by atoms with E-state index in [1.54, 1.807) is 6.07 Å². The van der Waals surface area contributed by atoms with E-state index in [2.05, 4.69) is 10.2 Å². The molecule has 0 fully saturated rings. The molecule has 2 rings (SSSR count). The summed E-state index contributed by atoms with van der Waals surface area (Å²) in [5.41, 5.74) is 7.11. The zero-order valence-electron chi connectivity index (χ0n) is 13.4.